The highest BCUT2D eigenvalue weighted by Crippen LogP contribution is 2.11. The van der Waals surface area contributed by atoms with E-state index in [9.17, 15) is 4.79 Å². The van der Waals surface area contributed by atoms with Gasteiger partial charge in [0.05, 0.1) is 0 Å². The number of hydrogen-bond acceptors (Lipinski definition) is 3. The number of nitrogens with zero attached hydrogens (tertiary/aromatic N) is 1. The summed E-state index contributed by atoms with van der Waals surface area (Å²) >= 11 is 0. The van der Waals surface area contributed by atoms with Crippen LogP contribution in [-0.2, 0) is 4.79 Å². The molecule has 0 saturated heterocycles. The number of amides is 1. The van der Waals surface area contributed by atoms with Gasteiger partial charge in [-0.05, 0) is 31.5 Å². The number of rotatable bonds is 4. The molecular weight excluding hydrogens is 178 g/mol. The van der Waals surface area contributed by atoms with Crippen LogP contribution in [0.3, 0.4) is 0 Å². The Balaban J connectivity index is 2.84. The minimum Gasteiger partial charge on any atom is -0.368 e. The Bertz CT molecular complexity index is 297. The van der Waals surface area contributed by atoms with E-state index in [1.54, 1.807) is 24.5 Å². The number of aromatic nitrogens is 1. The van der Waals surface area contributed by atoms with Gasteiger partial charge < -0.3 is 5.73 Å². The molecule has 0 aliphatic carbocycles. The first-order chi connectivity index (χ1) is 6.61. The number of nitrogens with two attached hydrogens (primary N) is 1. The first-order valence-corrected chi connectivity index (χ1v) is 4.56. The Hall–Kier alpha value is -1.42. The van der Waals surface area contributed by atoms with Gasteiger partial charge in [0.1, 0.15) is 6.04 Å². The Morgan fingerprint density at radius 1 is 1.43 bits per heavy atom. The molecule has 1 rings (SSSR count). The lowest BCUT2D eigenvalue weighted by molar-refractivity contribution is -0.120. The Morgan fingerprint density at radius 3 is 2.43 bits per heavy atom. The fourth-order valence-corrected chi connectivity index (χ4v) is 1.23. The molecule has 0 aliphatic heterocycles. The van der Waals surface area contributed by atoms with E-state index in [2.05, 4.69) is 10.3 Å². The van der Waals surface area contributed by atoms with Crippen molar-refractivity contribution < 1.29 is 4.79 Å². The number of pyridine rings is 1. The summed E-state index contributed by atoms with van der Waals surface area (Å²) in [5.41, 5.74) is 6.14. The highest BCUT2D eigenvalue weighted by molar-refractivity contribution is 5.81. The van der Waals surface area contributed by atoms with Crippen molar-refractivity contribution in [1.82, 2.24) is 10.3 Å². The van der Waals surface area contributed by atoms with Gasteiger partial charge in [0.2, 0.25) is 5.91 Å². The van der Waals surface area contributed by atoms with Crippen LogP contribution < -0.4 is 11.1 Å². The number of hydrogen-bond donors (Lipinski definition) is 2. The summed E-state index contributed by atoms with van der Waals surface area (Å²) in [4.78, 5) is 15.1. The zero-order valence-corrected chi connectivity index (χ0v) is 8.40. The molecule has 3 N–H and O–H groups in total. The van der Waals surface area contributed by atoms with Crippen LogP contribution >= 0.6 is 0 Å². The van der Waals surface area contributed by atoms with E-state index < -0.39 is 6.04 Å². The van der Waals surface area contributed by atoms with Crippen LogP contribution in [-0.4, -0.2) is 16.9 Å². The number of carbonyl (C=O) groups is 1. The van der Waals surface area contributed by atoms with E-state index in [1.165, 1.54) is 0 Å². The third-order valence-electron chi connectivity index (χ3n) is 1.82. The molecule has 1 aromatic rings. The van der Waals surface area contributed by atoms with Gasteiger partial charge in [0, 0.05) is 18.4 Å². The maximum Gasteiger partial charge on any atom is 0.239 e. The molecule has 4 nitrogen and oxygen atoms in total. The average Bonchev–Trinajstić information content (AvgIpc) is 2.15. The van der Waals surface area contributed by atoms with E-state index in [-0.39, 0.29) is 11.9 Å². The Kier molecular flexibility index (Phi) is 3.59. The SMILES string of the molecule is CC(C)NC(C(N)=O)c1ccncc1. The molecule has 14 heavy (non-hydrogen) atoms. The fourth-order valence-electron chi connectivity index (χ4n) is 1.23. The van der Waals surface area contributed by atoms with Crippen LogP contribution in [0.25, 0.3) is 0 Å². The minimum absolute atomic E-state index is 0.209. The van der Waals surface area contributed by atoms with Crippen LogP contribution in [0.2, 0.25) is 0 Å². The number of nitrogens with one attached hydrogen (secondary N) is 1. The molecule has 1 atom stereocenters. The summed E-state index contributed by atoms with van der Waals surface area (Å²) in [6.45, 7) is 3.94. The first kappa shape index (κ1) is 10.7. The lowest BCUT2D eigenvalue weighted by Gasteiger charge is -2.18. The standard InChI is InChI=1S/C10H15N3O/c1-7(2)13-9(10(11)14)8-3-5-12-6-4-8/h3-7,9,13H,1-2H3,(H2,11,14). The highest BCUT2D eigenvalue weighted by Gasteiger charge is 2.17. The Labute approximate surface area is 83.5 Å². The lowest BCUT2D eigenvalue weighted by Crippen LogP contribution is -2.37. The Morgan fingerprint density at radius 2 is 2.00 bits per heavy atom. The third-order valence-corrected chi connectivity index (χ3v) is 1.82. The predicted molar refractivity (Wildman–Crippen MR) is 54.4 cm³/mol. The summed E-state index contributed by atoms with van der Waals surface area (Å²) in [6.07, 6.45) is 3.29. The van der Waals surface area contributed by atoms with Gasteiger partial charge in [-0.3, -0.25) is 15.1 Å². The molecule has 1 heterocycles. The van der Waals surface area contributed by atoms with E-state index >= 15 is 0 Å². The molecule has 76 valence electrons. The van der Waals surface area contributed by atoms with Gasteiger partial charge in [-0.2, -0.15) is 0 Å². The molecular formula is C10H15N3O. The summed E-state index contributed by atoms with van der Waals surface area (Å²) in [5, 5.41) is 3.09. The quantitative estimate of drug-likeness (QED) is 0.736. The van der Waals surface area contributed by atoms with E-state index in [0.717, 1.165) is 5.56 Å². The highest BCUT2D eigenvalue weighted by atomic mass is 16.1. The molecule has 0 saturated carbocycles. The fraction of sp³-hybridized carbons (Fsp3) is 0.400. The van der Waals surface area contributed by atoms with Crippen LogP contribution in [0.5, 0.6) is 0 Å². The second-order valence-electron chi connectivity index (χ2n) is 3.44. The normalized spacial score (nSPS) is 12.8. The molecule has 0 spiro atoms. The lowest BCUT2D eigenvalue weighted by atomic mass is 10.1. The van der Waals surface area contributed by atoms with Crippen LogP contribution in [0.4, 0.5) is 0 Å². The summed E-state index contributed by atoms with van der Waals surface area (Å²) in [7, 11) is 0. The maximum atomic E-state index is 11.2. The van der Waals surface area contributed by atoms with Crippen LogP contribution in [0.15, 0.2) is 24.5 Å². The van der Waals surface area contributed by atoms with Gasteiger partial charge in [0.25, 0.3) is 0 Å². The van der Waals surface area contributed by atoms with E-state index in [1.807, 2.05) is 13.8 Å². The molecule has 0 aromatic carbocycles. The van der Waals surface area contributed by atoms with Crippen molar-refractivity contribution in [2.45, 2.75) is 25.9 Å². The van der Waals surface area contributed by atoms with Crippen molar-refractivity contribution in [3.05, 3.63) is 30.1 Å². The zero-order chi connectivity index (χ0) is 10.6. The predicted octanol–water partition coefficient (Wildman–Crippen LogP) is 0.606. The topological polar surface area (TPSA) is 68.0 Å². The van der Waals surface area contributed by atoms with Crippen molar-refractivity contribution in [1.29, 1.82) is 0 Å². The minimum atomic E-state index is -0.432. The van der Waals surface area contributed by atoms with Crippen molar-refractivity contribution >= 4 is 5.91 Å². The van der Waals surface area contributed by atoms with Crippen molar-refractivity contribution in [2.75, 3.05) is 0 Å². The van der Waals surface area contributed by atoms with Gasteiger partial charge in [-0.1, -0.05) is 0 Å². The second-order valence-corrected chi connectivity index (χ2v) is 3.44. The van der Waals surface area contributed by atoms with Crippen LogP contribution in [0, 0.1) is 0 Å². The van der Waals surface area contributed by atoms with Gasteiger partial charge >= 0.3 is 0 Å². The van der Waals surface area contributed by atoms with Crippen molar-refractivity contribution in [3.63, 3.8) is 0 Å². The van der Waals surface area contributed by atoms with Gasteiger partial charge in [0.15, 0.2) is 0 Å². The molecule has 0 aliphatic rings. The molecule has 4 heteroatoms. The van der Waals surface area contributed by atoms with Gasteiger partial charge in [-0.25, -0.2) is 0 Å². The largest absolute Gasteiger partial charge is 0.368 e. The molecule has 0 fully saturated rings. The van der Waals surface area contributed by atoms with Gasteiger partial charge in [-0.15, -0.1) is 0 Å². The smallest absolute Gasteiger partial charge is 0.239 e. The summed E-state index contributed by atoms with van der Waals surface area (Å²) in [6, 6.07) is 3.34. The molecule has 1 amide bonds. The number of carbonyl (C=O) groups excluding carboxylic acids is 1. The average molecular weight is 193 g/mol. The van der Waals surface area contributed by atoms with E-state index in [4.69, 9.17) is 5.73 Å². The van der Waals surface area contributed by atoms with Crippen LogP contribution in [0.1, 0.15) is 25.5 Å². The number of primary amides is 1. The summed E-state index contributed by atoms with van der Waals surface area (Å²) in [5.74, 6) is -0.370. The molecule has 0 bridgehead atoms. The third kappa shape index (κ3) is 2.81. The summed E-state index contributed by atoms with van der Waals surface area (Å²) < 4.78 is 0. The van der Waals surface area contributed by atoms with E-state index in [0.29, 0.717) is 0 Å². The van der Waals surface area contributed by atoms with Crippen molar-refractivity contribution in [3.8, 4) is 0 Å². The molecule has 0 radical (unpaired) electrons. The zero-order valence-electron chi connectivity index (χ0n) is 8.40. The van der Waals surface area contributed by atoms with Crippen molar-refractivity contribution in [2.24, 2.45) is 5.73 Å². The first-order valence-electron chi connectivity index (χ1n) is 4.56. The molecule has 1 unspecified atom stereocenters. The monoisotopic (exact) mass is 193 g/mol. The second kappa shape index (κ2) is 4.72. The molecule has 1 aromatic heterocycles. The maximum absolute atomic E-state index is 11.2.